The van der Waals surface area contributed by atoms with Gasteiger partial charge in [0.25, 0.3) is 5.91 Å². The van der Waals surface area contributed by atoms with Crippen LogP contribution in [0.2, 0.25) is 0 Å². The van der Waals surface area contributed by atoms with Crippen molar-refractivity contribution in [1.82, 2.24) is 9.55 Å². The van der Waals surface area contributed by atoms with Crippen LogP contribution in [0, 0.1) is 0 Å². The zero-order valence-corrected chi connectivity index (χ0v) is 20.9. The number of hydrogen-bond acceptors (Lipinski definition) is 5. The number of nitrogens with one attached hydrogen (secondary N) is 1. The van der Waals surface area contributed by atoms with Gasteiger partial charge in [0.05, 0.1) is 42.0 Å². The molecule has 38 heavy (non-hydrogen) atoms. The van der Waals surface area contributed by atoms with Crippen molar-refractivity contribution in [2.75, 3.05) is 11.9 Å². The first kappa shape index (κ1) is 24.8. The number of anilines is 1. The number of imidazole rings is 1. The monoisotopic (exact) mass is 505 g/mol. The van der Waals surface area contributed by atoms with Crippen molar-refractivity contribution in [2.45, 2.75) is 19.4 Å². The van der Waals surface area contributed by atoms with Crippen LogP contribution >= 0.6 is 0 Å². The second-order valence-electron chi connectivity index (χ2n) is 8.66. The van der Waals surface area contributed by atoms with Crippen LogP contribution in [0.25, 0.3) is 11.0 Å². The van der Waals surface area contributed by atoms with Crippen LogP contribution < -0.4 is 10.1 Å². The van der Waals surface area contributed by atoms with Gasteiger partial charge in [-0.2, -0.15) is 0 Å². The van der Waals surface area contributed by atoms with Gasteiger partial charge in [0, 0.05) is 5.69 Å². The lowest BCUT2D eigenvalue weighted by atomic mass is 10.0. The van der Waals surface area contributed by atoms with Gasteiger partial charge in [-0.05, 0) is 55.0 Å². The van der Waals surface area contributed by atoms with Crippen molar-refractivity contribution in [1.29, 1.82) is 0 Å². The number of para-hydroxylation sites is 2. The Labute approximate surface area is 220 Å². The summed E-state index contributed by atoms with van der Waals surface area (Å²) in [4.78, 5) is 30.1. The molecule has 0 aliphatic rings. The summed E-state index contributed by atoms with van der Waals surface area (Å²) in [6.07, 6.45) is 1.90. The summed E-state index contributed by atoms with van der Waals surface area (Å²) in [5.41, 5.74) is 3.53. The first-order chi connectivity index (χ1) is 18.6. The van der Waals surface area contributed by atoms with Gasteiger partial charge in [-0.25, -0.2) is 4.98 Å². The molecule has 7 heteroatoms. The first-order valence-corrected chi connectivity index (χ1v) is 12.4. The van der Waals surface area contributed by atoms with E-state index in [1.807, 2.05) is 89.5 Å². The number of aromatic nitrogens is 2. The molecule has 190 valence electrons. The molecule has 1 N–H and O–H groups in total. The molecule has 0 aliphatic carbocycles. The maximum Gasteiger partial charge on any atom is 0.308 e. The van der Waals surface area contributed by atoms with Gasteiger partial charge >= 0.3 is 5.97 Å². The predicted molar refractivity (Wildman–Crippen MR) is 146 cm³/mol. The van der Waals surface area contributed by atoms with Crippen molar-refractivity contribution in [3.05, 3.63) is 121 Å². The Kier molecular flexibility index (Phi) is 7.45. The van der Waals surface area contributed by atoms with E-state index in [4.69, 9.17) is 9.47 Å². The van der Waals surface area contributed by atoms with Gasteiger partial charge in [-0.1, -0.05) is 60.7 Å². The minimum atomic E-state index is -0.292. The molecule has 1 unspecified atom stereocenters. The molecule has 0 aliphatic heterocycles. The largest absolute Gasteiger partial charge is 0.466 e. The van der Waals surface area contributed by atoms with Gasteiger partial charge in [0.15, 0.2) is 0 Å². The van der Waals surface area contributed by atoms with Crippen molar-refractivity contribution < 1.29 is 19.1 Å². The van der Waals surface area contributed by atoms with Crippen LogP contribution in [0.5, 0.6) is 11.5 Å². The van der Waals surface area contributed by atoms with Crippen LogP contribution in [-0.4, -0.2) is 28.0 Å². The standard InChI is InChI=1S/C31H27N3O4/c1-2-37-30(35)20-28(22-11-5-3-6-12-22)34-21-32-26-19-23(17-18-27(26)34)33-31(36)25-15-9-10-16-29(25)38-24-13-7-4-8-14-24/h3-19,21,28H,2,20H2,1H3,(H,33,36). The molecule has 0 saturated heterocycles. The molecular formula is C31H27N3O4. The van der Waals surface area contributed by atoms with E-state index in [9.17, 15) is 9.59 Å². The Bertz CT molecular complexity index is 1550. The first-order valence-electron chi connectivity index (χ1n) is 12.4. The number of carbonyl (C=O) groups is 2. The smallest absolute Gasteiger partial charge is 0.308 e. The van der Waals surface area contributed by atoms with Crippen LogP contribution in [0.3, 0.4) is 0 Å². The number of rotatable bonds is 9. The molecule has 1 heterocycles. The third-order valence-electron chi connectivity index (χ3n) is 6.12. The Hall–Kier alpha value is -4.91. The Morgan fingerprint density at radius 1 is 0.895 bits per heavy atom. The highest BCUT2D eigenvalue weighted by Gasteiger charge is 2.21. The Morgan fingerprint density at radius 2 is 1.61 bits per heavy atom. The summed E-state index contributed by atoms with van der Waals surface area (Å²) < 4.78 is 13.1. The zero-order chi connectivity index (χ0) is 26.3. The minimum absolute atomic E-state index is 0.181. The highest BCUT2D eigenvalue weighted by Crippen LogP contribution is 2.29. The van der Waals surface area contributed by atoms with E-state index in [1.54, 1.807) is 31.5 Å². The number of hydrogen-bond donors (Lipinski definition) is 1. The highest BCUT2D eigenvalue weighted by molar-refractivity contribution is 6.06. The van der Waals surface area contributed by atoms with Crippen molar-refractivity contribution in [2.24, 2.45) is 0 Å². The lowest BCUT2D eigenvalue weighted by molar-refractivity contribution is -0.143. The van der Waals surface area contributed by atoms with E-state index in [2.05, 4.69) is 10.3 Å². The lowest BCUT2D eigenvalue weighted by Crippen LogP contribution is -2.16. The number of nitrogens with zero attached hydrogens (tertiary/aromatic N) is 2. The van der Waals surface area contributed by atoms with E-state index >= 15 is 0 Å². The fraction of sp³-hybridized carbons (Fsp3) is 0.129. The lowest BCUT2D eigenvalue weighted by Gasteiger charge is -2.19. The van der Waals surface area contributed by atoms with Crippen LogP contribution in [-0.2, 0) is 9.53 Å². The summed E-state index contributed by atoms with van der Waals surface area (Å²) in [7, 11) is 0. The Balaban J connectivity index is 1.40. The van der Waals surface area contributed by atoms with E-state index < -0.39 is 0 Å². The predicted octanol–water partition coefficient (Wildman–Crippen LogP) is 6.62. The molecule has 0 spiro atoms. The number of benzene rings is 4. The molecule has 7 nitrogen and oxygen atoms in total. The average molecular weight is 506 g/mol. The molecule has 0 fully saturated rings. The minimum Gasteiger partial charge on any atom is -0.466 e. The van der Waals surface area contributed by atoms with Crippen molar-refractivity contribution in [3.8, 4) is 11.5 Å². The van der Waals surface area contributed by atoms with Crippen molar-refractivity contribution >= 4 is 28.6 Å². The molecule has 1 aromatic heterocycles. The van der Waals surface area contributed by atoms with Crippen LogP contribution in [0.15, 0.2) is 109 Å². The quantitative estimate of drug-likeness (QED) is 0.228. The van der Waals surface area contributed by atoms with E-state index in [0.29, 0.717) is 34.9 Å². The van der Waals surface area contributed by atoms with E-state index in [1.165, 1.54) is 0 Å². The second-order valence-corrected chi connectivity index (χ2v) is 8.66. The maximum atomic E-state index is 13.2. The van der Waals surface area contributed by atoms with Crippen LogP contribution in [0.1, 0.15) is 35.3 Å². The van der Waals surface area contributed by atoms with Gasteiger partial charge < -0.3 is 19.4 Å². The van der Waals surface area contributed by atoms with Crippen molar-refractivity contribution in [3.63, 3.8) is 0 Å². The van der Waals surface area contributed by atoms with Gasteiger partial charge in [-0.3, -0.25) is 9.59 Å². The number of esters is 1. The van der Waals surface area contributed by atoms with Crippen LogP contribution in [0.4, 0.5) is 5.69 Å². The SMILES string of the molecule is CCOC(=O)CC(c1ccccc1)n1cnc2cc(NC(=O)c3ccccc3Oc3ccccc3)ccc21. The molecule has 1 atom stereocenters. The summed E-state index contributed by atoms with van der Waals surface area (Å²) in [5.74, 6) is 0.546. The second kappa shape index (κ2) is 11.4. The third-order valence-corrected chi connectivity index (χ3v) is 6.12. The van der Waals surface area contributed by atoms with Gasteiger partial charge in [0.1, 0.15) is 11.5 Å². The summed E-state index contributed by atoms with van der Waals surface area (Å²) in [6.45, 7) is 2.12. The number of amides is 1. The summed E-state index contributed by atoms with van der Waals surface area (Å²) in [5, 5.41) is 2.95. The molecule has 4 aromatic carbocycles. The number of carbonyl (C=O) groups excluding carboxylic acids is 2. The maximum absolute atomic E-state index is 13.2. The fourth-order valence-electron chi connectivity index (χ4n) is 4.34. The molecule has 0 saturated carbocycles. The number of ether oxygens (including phenoxy) is 2. The topological polar surface area (TPSA) is 82.5 Å². The molecule has 0 radical (unpaired) electrons. The van der Waals surface area contributed by atoms with E-state index in [-0.39, 0.29) is 24.3 Å². The highest BCUT2D eigenvalue weighted by atomic mass is 16.5. The Morgan fingerprint density at radius 3 is 2.37 bits per heavy atom. The molecule has 5 rings (SSSR count). The molecule has 5 aromatic rings. The summed E-state index contributed by atoms with van der Waals surface area (Å²) in [6, 6.07) is 31.5. The van der Waals surface area contributed by atoms with Gasteiger partial charge in [-0.15, -0.1) is 0 Å². The average Bonchev–Trinajstić information content (AvgIpc) is 3.36. The molecule has 0 bridgehead atoms. The summed E-state index contributed by atoms with van der Waals surface area (Å²) >= 11 is 0. The molecule has 1 amide bonds. The third kappa shape index (κ3) is 5.57. The molecular weight excluding hydrogens is 478 g/mol. The fourth-order valence-corrected chi connectivity index (χ4v) is 4.34. The van der Waals surface area contributed by atoms with E-state index in [0.717, 1.165) is 11.1 Å². The zero-order valence-electron chi connectivity index (χ0n) is 20.9. The number of fused-ring (bicyclic) bond motifs is 1. The van der Waals surface area contributed by atoms with Gasteiger partial charge in [0.2, 0.25) is 0 Å². The normalized spacial score (nSPS) is 11.6.